The molecule has 2 aromatic rings. The number of benzene rings is 1. The third kappa shape index (κ3) is 4.08. The van der Waals surface area contributed by atoms with Gasteiger partial charge in [-0.2, -0.15) is 4.72 Å². The summed E-state index contributed by atoms with van der Waals surface area (Å²) in [6.45, 7) is 5.44. The van der Waals surface area contributed by atoms with Crippen molar-refractivity contribution in [1.82, 2.24) is 14.8 Å². The van der Waals surface area contributed by atoms with Crippen molar-refractivity contribution in [1.29, 1.82) is 0 Å². The van der Waals surface area contributed by atoms with Crippen LogP contribution in [0.1, 0.15) is 29.5 Å². The number of sulfonamides is 1. The molecule has 0 radical (unpaired) electrons. The highest BCUT2D eigenvalue weighted by Gasteiger charge is 2.31. The van der Waals surface area contributed by atoms with E-state index in [2.05, 4.69) is 9.88 Å². The summed E-state index contributed by atoms with van der Waals surface area (Å²) in [7, 11) is -0.796. The Labute approximate surface area is 170 Å². The molecule has 2 heterocycles. The normalized spacial score (nSPS) is 15.0. The van der Waals surface area contributed by atoms with E-state index >= 15 is 0 Å². The molecular weight excluding hydrogens is 398 g/mol. The predicted octanol–water partition coefficient (Wildman–Crippen LogP) is 1.56. The molecule has 29 heavy (non-hydrogen) atoms. The molecule has 1 aliphatic heterocycles. The molecule has 0 fully saturated rings. The summed E-state index contributed by atoms with van der Waals surface area (Å²) in [5, 5.41) is 3.67. The van der Waals surface area contributed by atoms with Crippen LogP contribution in [0.25, 0.3) is 0 Å². The van der Waals surface area contributed by atoms with Crippen LogP contribution in [-0.2, 0) is 27.8 Å². The topological polar surface area (TPSA) is 111 Å². The van der Waals surface area contributed by atoms with Gasteiger partial charge in [-0.1, -0.05) is 5.16 Å². The van der Waals surface area contributed by atoms with Crippen LogP contribution in [-0.4, -0.2) is 51.2 Å². The SMILES string of the molecule is COc1cc2c(cc1OC)CN(C(=O)[C@H](C)NS(=O)(=O)c1c(C)noc1C)CC2. The fourth-order valence-electron chi connectivity index (χ4n) is 3.55. The third-order valence-corrected chi connectivity index (χ3v) is 6.75. The summed E-state index contributed by atoms with van der Waals surface area (Å²) in [6, 6.07) is 2.83. The minimum Gasteiger partial charge on any atom is -0.493 e. The number of nitrogens with one attached hydrogen (secondary N) is 1. The van der Waals surface area contributed by atoms with Crippen molar-refractivity contribution in [2.24, 2.45) is 0 Å². The van der Waals surface area contributed by atoms with Gasteiger partial charge in [0.05, 0.1) is 20.3 Å². The standard InChI is InChI=1S/C19H25N3O6S/c1-11-18(13(3)28-20-11)29(24,25)21-12(2)19(23)22-7-6-14-8-16(26-4)17(27-5)9-15(14)10-22/h8-9,12,21H,6-7,10H2,1-5H3/t12-/m0/s1. The first-order valence-electron chi connectivity index (χ1n) is 9.15. The van der Waals surface area contributed by atoms with Gasteiger partial charge in [0.25, 0.3) is 0 Å². The summed E-state index contributed by atoms with van der Waals surface area (Å²) in [5.74, 6) is 1.11. The van der Waals surface area contributed by atoms with E-state index in [0.29, 0.717) is 31.0 Å². The lowest BCUT2D eigenvalue weighted by Gasteiger charge is -2.31. The van der Waals surface area contributed by atoms with Crippen molar-refractivity contribution in [2.45, 2.75) is 44.7 Å². The number of aryl methyl sites for hydroxylation is 2. The fraction of sp³-hybridized carbons (Fsp3) is 0.474. The molecule has 0 saturated carbocycles. The second kappa shape index (κ2) is 8.03. The monoisotopic (exact) mass is 423 g/mol. The summed E-state index contributed by atoms with van der Waals surface area (Å²) in [5.41, 5.74) is 2.28. The molecule has 1 aliphatic rings. The van der Waals surface area contributed by atoms with E-state index in [1.165, 1.54) is 13.8 Å². The number of hydrogen-bond acceptors (Lipinski definition) is 7. The van der Waals surface area contributed by atoms with Gasteiger partial charge in [0.15, 0.2) is 17.3 Å². The Hall–Kier alpha value is -2.59. The minimum absolute atomic E-state index is 0.0297. The third-order valence-electron chi connectivity index (χ3n) is 4.97. The molecular formula is C19H25N3O6S. The highest BCUT2D eigenvalue weighted by Crippen LogP contribution is 2.33. The lowest BCUT2D eigenvalue weighted by molar-refractivity contribution is -0.133. The quantitative estimate of drug-likeness (QED) is 0.750. The van der Waals surface area contributed by atoms with Gasteiger partial charge in [-0.15, -0.1) is 0 Å². The Morgan fingerprint density at radius 2 is 1.83 bits per heavy atom. The van der Waals surface area contributed by atoms with Crippen LogP contribution in [0.5, 0.6) is 11.5 Å². The molecule has 0 aliphatic carbocycles. The Morgan fingerprint density at radius 1 is 1.21 bits per heavy atom. The molecule has 1 amide bonds. The van der Waals surface area contributed by atoms with E-state index in [-0.39, 0.29) is 22.3 Å². The number of methoxy groups -OCH3 is 2. The molecule has 3 rings (SSSR count). The van der Waals surface area contributed by atoms with Crippen LogP contribution in [0.4, 0.5) is 0 Å². The van der Waals surface area contributed by atoms with Gasteiger partial charge in [-0.25, -0.2) is 8.42 Å². The second-order valence-electron chi connectivity index (χ2n) is 6.98. The smallest absolute Gasteiger partial charge is 0.246 e. The summed E-state index contributed by atoms with van der Waals surface area (Å²) in [6.07, 6.45) is 0.644. The van der Waals surface area contributed by atoms with Gasteiger partial charge >= 0.3 is 0 Å². The van der Waals surface area contributed by atoms with Crippen molar-refractivity contribution >= 4 is 15.9 Å². The maximum atomic E-state index is 12.9. The highest BCUT2D eigenvalue weighted by molar-refractivity contribution is 7.89. The van der Waals surface area contributed by atoms with Crippen LogP contribution < -0.4 is 14.2 Å². The first kappa shape index (κ1) is 21.1. The van der Waals surface area contributed by atoms with Crippen LogP contribution in [0.15, 0.2) is 21.6 Å². The van der Waals surface area contributed by atoms with Crippen molar-refractivity contribution in [2.75, 3.05) is 20.8 Å². The number of carbonyl (C=O) groups excluding carboxylic acids is 1. The van der Waals surface area contributed by atoms with E-state index in [1.807, 2.05) is 12.1 Å². The Kier molecular flexibility index (Phi) is 5.85. The maximum absolute atomic E-state index is 12.9. The number of nitrogens with zero attached hydrogens (tertiary/aromatic N) is 2. The number of ether oxygens (including phenoxy) is 2. The molecule has 10 heteroatoms. The molecule has 1 atom stereocenters. The van der Waals surface area contributed by atoms with Crippen LogP contribution in [0.3, 0.4) is 0 Å². The summed E-state index contributed by atoms with van der Waals surface area (Å²) < 4.78 is 43.4. The average molecular weight is 423 g/mol. The molecule has 0 unspecified atom stereocenters. The van der Waals surface area contributed by atoms with Crippen molar-refractivity contribution < 1.29 is 27.2 Å². The van der Waals surface area contributed by atoms with Crippen molar-refractivity contribution in [3.63, 3.8) is 0 Å². The molecule has 1 aromatic carbocycles. The van der Waals surface area contributed by atoms with Gasteiger partial charge in [-0.05, 0) is 50.5 Å². The van der Waals surface area contributed by atoms with E-state index in [1.54, 1.807) is 26.0 Å². The van der Waals surface area contributed by atoms with Gasteiger partial charge in [0.1, 0.15) is 10.6 Å². The maximum Gasteiger partial charge on any atom is 0.246 e. The van der Waals surface area contributed by atoms with Gasteiger partial charge in [-0.3, -0.25) is 4.79 Å². The number of aromatic nitrogens is 1. The zero-order valence-corrected chi connectivity index (χ0v) is 17.9. The fourth-order valence-corrected chi connectivity index (χ4v) is 5.07. The minimum atomic E-state index is -3.93. The largest absolute Gasteiger partial charge is 0.493 e. The van der Waals surface area contributed by atoms with Gasteiger partial charge in [0, 0.05) is 13.1 Å². The highest BCUT2D eigenvalue weighted by atomic mass is 32.2. The molecule has 0 spiro atoms. The zero-order chi connectivity index (χ0) is 21.3. The molecule has 158 valence electrons. The number of amides is 1. The predicted molar refractivity (Wildman–Crippen MR) is 104 cm³/mol. The number of hydrogen-bond donors (Lipinski definition) is 1. The molecule has 9 nitrogen and oxygen atoms in total. The van der Waals surface area contributed by atoms with E-state index < -0.39 is 16.1 Å². The summed E-state index contributed by atoms with van der Waals surface area (Å²) in [4.78, 5) is 14.5. The lowest BCUT2D eigenvalue weighted by atomic mass is 9.98. The van der Waals surface area contributed by atoms with Gasteiger partial charge < -0.3 is 18.9 Å². The first-order chi connectivity index (χ1) is 13.7. The summed E-state index contributed by atoms with van der Waals surface area (Å²) >= 11 is 0. The Morgan fingerprint density at radius 3 is 2.38 bits per heavy atom. The van der Waals surface area contributed by atoms with Crippen LogP contribution >= 0.6 is 0 Å². The molecule has 0 saturated heterocycles. The second-order valence-corrected chi connectivity index (χ2v) is 8.63. The van der Waals surface area contributed by atoms with E-state index in [4.69, 9.17) is 14.0 Å². The van der Waals surface area contributed by atoms with Gasteiger partial charge in [0.2, 0.25) is 15.9 Å². The molecule has 1 aromatic heterocycles. The lowest BCUT2D eigenvalue weighted by Crippen LogP contribution is -2.48. The van der Waals surface area contributed by atoms with Crippen molar-refractivity contribution in [3.8, 4) is 11.5 Å². The molecule has 1 N–H and O–H groups in total. The van der Waals surface area contributed by atoms with Crippen LogP contribution in [0.2, 0.25) is 0 Å². The average Bonchev–Trinajstić information content (AvgIpc) is 3.04. The molecule has 0 bridgehead atoms. The van der Waals surface area contributed by atoms with E-state index in [9.17, 15) is 13.2 Å². The van der Waals surface area contributed by atoms with Crippen molar-refractivity contribution in [3.05, 3.63) is 34.7 Å². The first-order valence-corrected chi connectivity index (χ1v) is 10.6. The number of fused-ring (bicyclic) bond motifs is 1. The van der Waals surface area contributed by atoms with Crippen LogP contribution in [0, 0.1) is 13.8 Å². The zero-order valence-electron chi connectivity index (χ0n) is 17.1. The van der Waals surface area contributed by atoms with E-state index in [0.717, 1.165) is 11.1 Å². The number of carbonyl (C=O) groups is 1. The Bertz CT molecular complexity index is 1010. The Balaban J connectivity index is 1.76. The number of rotatable bonds is 6.